The summed E-state index contributed by atoms with van der Waals surface area (Å²) in [6.07, 6.45) is 5.48. The molecule has 0 radical (unpaired) electrons. The largest absolute Gasteiger partial charge is 0.340 e. The van der Waals surface area contributed by atoms with Crippen LogP contribution in [0.15, 0.2) is 36.7 Å². The first-order valence-electron chi connectivity index (χ1n) is 7.10. The maximum atomic E-state index is 6.00. The molecule has 0 aliphatic carbocycles. The van der Waals surface area contributed by atoms with E-state index in [-0.39, 0.29) is 6.04 Å². The fourth-order valence-electron chi connectivity index (χ4n) is 2.08. The molecule has 2 aromatic rings. The first-order chi connectivity index (χ1) is 10.1. The Morgan fingerprint density at radius 3 is 2.57 bits per heavy atom. The third-order valence-corrected chi connectivity index (χ3v) is 3.60. The summed E-state index contributed by atoms with van der Waals surface area (Å²) in [6.45, 7) is 2.80. The number of nitrogens with two attached hydrogens (primary N) is 1. The van der Waals surface area contributed by atoms with E-state index in [2.05, 4.69) is 16.9 Å². The van der Waals surface area contributed by atoms with Crippen molar-refractivity contribution in [3.8, 4) is 0 Å². The van der Waals surface area contributed by atoms with Gasteiger partial charge in [-0.2, -0.15) is 0 Å². The summed E-state index contributed by atoms with van der Waals surface area (Å²) in [6, 6.07) is 7.97. The van der Waals surface area contributed by atoms with Crippen LogP contribution in [-0.2, 0) is 13.0 Å². The summed E-state index contributed by atoms with van der Waals surface area (Å²) >= 11 is 6.00. The molecule has 1 aromatic carbocycles. The van der Waals surface area contributed by atoms with E-state index >= 15 is 0 Å². The van der Waals surface area contributed by atoms with Crippen LogP contribution in [0.1, 0.15) is 24.5 Å². The topological polar surface area (TPSA) is 55.0 Å². The molecule has 4 nitrogen and oxygen atoms in total. The number of hydrogen-bond acceptors (Lipinski definition) is 4. The molecular weight excluding hydrogens is 284 g/mol. The summed E-state index contributed by atoms with van der Waals surface area (Å²) in [4.78, 5) is 10.8. The lowest BCUT2D eigenvalue weighted by Gasteiger charge is -2.17. The van der Waals surface area contributed by atoms with Crippen LogP contribution >= 0.6 is 11.6 Å². The average Bonchev–Trinajstić information content (AvgIpc) is 2.47. The van der Waals surface area contributed by atoms with Gasteiger partial charge in [0.05, 0.1) is 0 Å². The number of hydrogen-bond donors (Lipinski definition) is 1. The van der Waals surface area contributed by atoms with Crippen LogP contribution in [0.4, 0.5) is 5.95 Å². The monoisotopic (exact) mass is 304 g/mol. The van der Waals surface area contributed by atoms with Crippen molar-refractivity contribution < 1.29 is 0 Å². The van der Waals surface area contributed by atoms with Crippen molar-refractivity contribution >= 4 is 17.5 Å². The molecule has 0 aliphatic heterocycles. The van der Waals surface area contributed by atoms with Gasteiger partial charge in [0, 0.05) is 37.1 Å². The number of anilines is 1. The van der Waals surface area contributed by atoms with Gasteiger partial charge in [-0.3, -0.25) is 0 Å². The van der Waals surface area contributed by atoms with Crippen molar-refractivity contribution in [2.24, 2.45) is 5.73 Å². The third-order valence-electron chi connectivity index (χ3n) is 3.36. The predicted molar refractivity (Wildman–Crippen MR) is 87.6 cm³/mol. The minimum Gasteiger partial charge on any atom is -0.340 e. The molecule has 1 unspecified atom stereocenters. The van der Waals surface area contributed by atoms with Crippen LogP contribution < -0.4 is 10.6 Å². The Bertz CT molecular complexity index is 571. The minimum atomic E-state index is 0.170. The minimum absolute atomic E-state index is 0.170. The molecule has 21 heavy (non-hydrogen) atoms. The van der Waals surface area contributed by atoms with Crippen LogP contribution in [0.2, 0.25) is 5.02 Å². The van der Waals surface area contributed by atoms with Crippen LogP contribution in [0.25, 0.3) is 0 Å². The van der Waals surface area contributed by atoms with Gasteiger partial charge in [-0.25, -0.2) is 9.97 Å². The first kappa shape index (κ1) is 15.7. The lowest BCUT2D eigenvalue weighted by Crippen LogP contribution is -2.22. The normalized spacial score (nSPS) is 12.2. The lowest BCUT2D eigenvalue weighted by molar-refractivity contribution is 0.643. The first-order valence-corrected chi connectivity index (χ1v) is 7.48. The third kappa shape index (κ3) is 4.69. The average molecular weight is 305 g/mol. The van der Waals surface area contributed by atoms with Crippen LogP contribution in [0.5, 0.6) is 0 Å². The second-order valence-corrected chi connectivity index (χ2v) is 5.69. The van der Waals surface area contributed by atoms with E-state index in [0.29, 0.717) is 12.5 Å². The molecule has 2 N–H and O–H groups in total. The Labute approximate surface area is 131 Å². The zero-order chi connectivity index (χ0) is 15.2. The Kier molecular flexibility index (Phi) is 5.53. The molecule has 1 aromatic heterocycles. The standard InChI is InChI=1S/C16H21ClN4/c1-3-15(18)8-13-9-19-16(20-10-13)21(2)11-12-5-4-6-14(17)7-12/h4-7,9-10,15H,3,8,11,18H2,1-2H3. The molecule has 112 valence electrons. The second kappa shape index (κ2) is 7.38. The van der Waals surface area contributed by atoms with E-state index in [9.17, 15) is 0 Å². The van der Waals surface area contributed by atoms with E-state index in [4.69, 9.17) is 17.3 Å². The highest BCUT2D eigenvalue weighted by molar-refractivity contribution is 6.30. The molecule has 1 atom stereocenters. The van der Waals surface area contributed by atoms with Gasteiger partial charge >= 0.3 is 0 Å². The quantitative estimate of drug-likeness (QED) is 0.891. The number of benzene rings is 1. The van der Waals surface area contributed by atoms with Gasteiger partial charge in [0.25, 0.3) is 0 Å². The zero-order valence-electron chi connectivity index (χ0n) is 12.5. The summed E-state index contributed by atoms with van der Waals surface area (Å²) in [5.74, 6) is 0.698. The van der Waals surface area contributed by atoms with E-state index < -0.39 is 0 Å². The maximum absolute atomic E-state index is 6.00. The van der Waals surface area contributed by atoms with E-state index in [0.717, 1.165) is 29.0 Å². The van der Waals surface area contributed by atoms with Crippen molar-refractivity contribution in [1.29, 1.82) is 0 Å². The van der Waals surface area contributed by atoms with Gasteiger partial charge in [-0.05, 0) is 36.1 Å². The second-order valence-electron chi connectivity index (χ2n) is 5.25. The molecule has 0 spiro atoms. The van der Waals surface area contributed by atoms with Gasteiger partial charge in [-0.15, -0.1) is 0 Å². The molecule has 0 aliphatic rings. The molecule has 0 saturated heterocycles. The highest BCUT2D eigenvalue weighted by Gasteiger charge is 2.07. The molecule has 0 amide bonds. The van der Waals surface area contributed by atoms with Crippen molar-refractivity contribution in [1.82, 2.24) is 9.97 Å². The van der Waals surface area contributed by atoms with E-state index in [1.807, 2.05) is 48.6 Å². The molecule has 0 saturated carbocycles. The summed E-state index contributed by atoms with van der Waals surface area (Å²) in [5, 5.41) is 0.741. The number of halogens is 1. The number of rotatable bonds is 6. The fourth-order valence-corrected chi connectivity index (χ4v) is 2.29. The SMILES string of the molecule is CCC(N)Cc1cnc(N(C)Cc2cccc(Cl)c2)nc1. The van der Waals surface area contributed by atoms with Crippen LogP contribution in [0.3, 0.4) is 0 Å². The number of aromatic nitrogens is 2. The van der Waals surface area contributed by atoms with Crippen molar-refractivity contribution in [2.75, 3.05) is 11.9 Å². The van der Waals surface area contributed by atoms with Crippen LogP contribution in [0, 0.1) is 0 Å². The fraction of sp³-hybridized carbons (Fsp3) is 0.375. The smallest absolute Gasteiger partial charge is 0.225 e. The van der Waals surface area contributed by atoms with E-state index in [1.54, 1.807) is 0 Å². The highest BCUT2D eigenvalue weighted by atomic mass is 35.5. The molecular formula is C16H21ClN4. The highest BCUT2D eigenvalue weighted by Crippen LogP contribution is 2.15. The predicted octanol–water partition coefficient (Wildman–Crippen LogP) is 3.05. The van der Waals surface area contributed by atoms with Crippen molar-refractivity contribution in [3.63, 3.8) is 0 Å². The van der Waals surface area contributed by atoms with Gasteiger partial charge in [0.15, 0.2) is 0 Å². The van der Waals surface area contributed by atoms with Gasteiger partial charge in [0.1, 0.15) is 0 Å². The summed E-state index contributed by atoms with van der Waals surface area (Å²) < 4.78 is 0. The van der Waals surface area contributed by atoms with Crippen LogP contribution in [-0.4, -0.2) is 23.1 Å². The number of nitrogens with zero attached hydrogens (tertiary/aromatic N) is 3. The van der Waals surface area contributed by atoms with Crippen molar-refractivity contribution in [3.05, 3.63) is 52.8 Å². The molecule has 0 bridgehead atoms. The zero-order valence-corrected chi connectivity index (χ0v) is 13.2. The van der Waals surface area contributed by atoms with Crippen molar-refractivity contribution in [2.45, 2.75) is 32.4 Å². The molecule has 5 heteroatoms. The molecule has 0 fully saturated rings. The summed E-state index contributed by atoms with van der Waals surface area (Å²) in [7, 11) is 1.97. The Hall–Kier alpha value is -1.65. The van der Waals surface area contributed by atoms with Gasteiger partial charge in [0.2, 0.25) is 5.95 Å². The molecule has 2 rings (SSSR count). The van der Waals surface area contributed by atoms with Gasteiger partial charge < -0.3 is 10.6 Å². The Morgan fingerprint density at radius 1 is 1.24 bits per heavy atom. The van der Waals surface area contributed by atoms with Gasteiger partial charge in [-0.1, -0.05) is 30.7 Å². The maximum Gasteiger partial charge on any atom is 0.225 e. The Morgan fingerprint density at radius 2 is 1.95 bits per heavy atom. The molecule has 1 heterocycles. The lowest BCUT2D eigenvalue weighted by atomic mass is 10.1. The Balaban J connectivity index is 2.01. The summed E-state index contributed by atoms with van der Waals surface area (Å²) in [5.41, 5.74) is 8.14. The van der Waals surface area contributed by atoms with E-state index in [1.165, 1.54) is 0 Å².